The van der Waals surface area contributed by atoms with Crippen LogP contribution < -0.4 is 14.4 Å². The van der Waals surface area contributed by atoms with Gasteiger partial charge in [-0.05, 0) is 48.7 Å². The minimum atomic E-state index is -3.52. The van der Waals surface area contributed by atoms with E-state index in [1.54, 1.807) is 30.2 Å². The van der Waals surface area contributed by atoms with Gasteiger partial charge in [-0.25, -0.2) is 13.1 Å². The first-order chi connectivity index (χ1) is 12.4. The van der Waals surface area contributed by atoms with Crippen LogP contribution in [-0.4, -0.2) is 34.5 Å². The molecule has 1 aliphatic rings. The third-order valence-corrected chi connectivity index (χ3v) is 7.55. The van der Waals surface area contributed by atoms with Crippen LogP contribution >= 0.6 is 11.3 Å². The first-order valence-electron chi connectivity index (χ1n) is 8.45. The van der Waals surface area contributed by atoms with E-state index in [0.29, 0.717) is 17.2 Å². The fourth-order valence-corrected chi connectivity index (χ4v) is 5.38. The Labute approximate surface area is 157 Å². The van der Waals surface area contributed by atoms with Crippen molar-refractivity contribution in [3.63, 3.8) is 0 Å². The van der Waals surface area contributed by atoms with Crippen molar-refractivity contribution < 1.29 is 17.9 Å². The number of aryl methyl sites for hydroxylation is 1. The number of nitrogens with zero attached hydrogens (tertiary/aromatic N) is 1. The number of methoxy groups -OCH3 is 1. The molecule has 1 fully saturated rings. The summed E-state index contributed by atoms with van der Waals surface area (Å²) in [4.78, 5) is 15.0. The average molecular weight is 395 g/mol. The molecule has 2 aromatic rings. The third kappa shape index (κ3) is 4.08. The van der Waals surface area contributed by atoms with Crippen LogP contribution in [0.4, 0.5) is 5.69 Å². The molecule has 0 radical (unpaired) electrons. The molecule has 1 atom stereocenters. The summed E-state index contributed by atoms with van der Waals surface area (Å²) in [6, 6.07) is 10.8. The Hall–Kier alpha value is -1.90. The topological polar surface area (TPSA) is 75.7 Å². The number of hydrogen-bond acceptors (Lipinski definition) is 5. The number of carbonyl (C=O) groups is 1. The molecule has 1 amide bonds. The fraction of sp³-hybridized carbons (Fsp3) is 0.389. The van der Waals surface area contributed by atoms with E-state index in [1.807, 2.05) is 25.1 Å². The molecular weight excluding hydrogens is 372 g/mol. The van der Waals surface area contributed by atoms with Crippen LogP contribution in [0.2, 0.25) is 0 Å². The zero-order valence-corrected chi connectivity index (χ0v) is 16.4. The number of nitrogens with one attached hydrogen (secondary N) is 1. The molecule has 0 saturated carbocycles. The monoisotopic (exact) mass is 394 g/mol. The Morgan fingerprint density at radius 2 is 1.96 bits per heavy atom. The van der Waals surface area contributed by atoms with Gasteiger partial charge in [0.15, 0.2) is 0 Å². The molecule has 1 saturated heterocycles. The van der Waals surface area contributed by atoms with Crippen molar-refractivity contribution >= 4 is 33.0 Å². The number of amides is 1. The molecule has 0 aliphatic carbocycles. The predicted octanol–water partition coefficient (Wildman–Crippen LogP) is 2.65. The van der Waals surface area contributed by atoms with Crippen molar-refractivity contribution in [2.75, 3.05) is 25.1 Å². The highest BCUT2D eigenvalue weighted by atomic mass is 32.2. The van der Waals surface area contributed by atoms with Crippen molar-refractivity contribution in [1.29, 1.82) is 0 Å². The Bertz CT molecular complexity index is 875. The lowest BCUT2D eigenvalue weighted by Crippen LogP contribution is -2.31. The summed E-state index contributed by atoms with van der Waals surface area (Å²) in [6.07, 6.45) is 1.15. The second kappa shape index (κ2) is 7.77. The van der Waals surface area contributed by atoms with E-state index in [0.717, 1.165) is 22.7 Å². The average Bonchev–Trinajstić information content (AvgIpc) is 3.27. The van der Waals surface area contributed by atoms with E-state index < -0.39 is 10.0 Å². The van der Waals surface area contributed by atoms with Gasteiger partial charge in [0, 0.05) is 30.1 Å². The third-order valence-electron chi connectivity index (χ3n) is 4.40. The Morgan fingerprint density at radius 1 is 1.23 bits per heavy atom. The minimum absolute atomic E-state index is 0.00348. The van der Waals surface area contributed by atoms with Crippen LogP contribution in [-0.2, 0) is 21.2 Å². The van der Waals surface area contributed by atoms with Crippen molar-refractivity contribution in [1.82, 2.24) is 4.72 Å². The van der Waals surface area contributed by atoms with Crippen molar-refractivity contribution in [2.45, 2.75) is 24.0 Å². The maximum Gasteiger partial charge on any atom is 0.250 e. The van der Waals surface area contributed by atoms with E-state index in [1.165, 1.54) is 11.3 Å². The van der Waals surface area contributed by atoms with Crippen molar-refractivity contribution in [2.24, 2.45) is 5.92 Å². The normalized spacial score (nSPS) is 17.7. The standard InChI is InChI=1S/C18H22N2O4S2/c1-3-16-8-9-18(25-16)26(22,23)19-11-13-10-17(21)20(12-13)14-4-6-15(24-2)7-5-14/h4-9,13,19H,3,10-12H2,1-2H3. The lowest BCUT2D eigenvalue weighted by molar-refractivity contribution is -0.117. The summed E-state index contributed by atoms with van der Waals surface area (Å²) in [6.45, 7) is 2.74. The van der Waals surface area contributed by atoms with E-state index >= 15 is 0 Å². The van der Waals surface area contributed by atoms with Crippen LogP contribution in [0.1, 0.15) is 18.2 Å². The largest absolute Gasteiger partial charge is 0.497 e. The zero-order chi connectivity index (χ0) is 18.7. The van der Waals surface area contributed by atoms with Gasteiger partial charge in [0.05, 0.1) is 7.11 Å². The number of ether oxygens (including phenoxy) is 1. The highest BCUT2D eigenvalue weighted by molar-refractivity contribution is 7.91. The van der Waals surface area contributed by atoms with Crippen LogP contribution in [0.3, 0.4) is 0 Å². The number of thiophene rings is 1. The molecule has 1 unspecified atom stereocenters. The predicted molar refractivity (Wildman–Crippen MR) is 102 cm³/mol. The summed E-state index contributed by atoms with van der Waals surface area (Å²) < 4.78 is 32.9. The fourth-order valence-electron chi connectivity index (χ4n) is 2.92. The maximum atomic E-state index is 12.4. The highest BCUT2D eigenvalue weighted by Gasteiger charge is 2.31. The Morgan fingerprint density at radius 3 is 2.58 bits per heavy atom. The van der Waals surface area contributed by atoms with Gasteiger partial charge in [0.25, 0.3) is 0 Å². The molecule has 0 bridgehead atoms. The summed E-state index contributed by atoms with van der Waals surface area (Å²) in [7, 11) is -1.93. The molecule has 3 rings (SSSR count). The maximum absolute atomic E-state index is 12.4. The number of benzene rings is 1. The molecule has 6 nitrogen and oxygen atoms in total. The van der Waals surface area contributed by atoms with Gasteiger partial charge in [0.2, 0.25) is 15.9 Å². The first-order valence-corrected chi connectivity index (χ1v) is 10.8. The molecule has 1 aliphatic heterocycles. The molecule has 26 heavy (non-hydrogen) atoms. The van der Waals surface area contributed by atoms with Crippen LogP contribution in [0.15, 0.2) is 40.6 Å². The molecule has 0 spiro atoms. The van der Waals surface area contributed by atoms with Gasteiger partial charge in [-0.1, -0.05) is 6.92 Å². The van der Waals surface area contributed by atoms with E-state index in [2.05, 4.69) is 4.72 Å². The minimum Gasteiger partial charge on any atom is -0.497 e. The smallest absolute Gasteiger partial charge is 0.250 e. The SMILES string of the molecule is CCc1ccc(S(=O)(=O)NCC2CC(=O)N(c3ccc(OC)cc3)C2)s1. The van der Waals surface area contributed by atoms with Crippen LogP contribution in [0.25, 0.3) is 0 Å². The lowest BCUT2D eigenvalue weighted by Gasteiger charge is -2.17. The second-order valence-electron chi connectivity index (χ2n) is 6.20. The number of hydrogen-bond donors (Lipinski definition) is 1. The summed E-state index contributed by atoms with van der Waals surface area (Å²) >= 11 is 1.28. The molecule has 1 N–H and O–H groups in total. The van der Waals surface area contributed by atoms with E-state index in [-0.39, 0.29) is 18.4 Å². The van der Waals surface area contributed by atoms with Gasteiger partial charge in [-0.3, -0.25) is 4.79 Å². The van der Waals surface area contributed by atoms with Gasteiger partial charge < -0.3 is 9.64 Å². The number of carbonyl (C=O) groups excluding carboxylic acids is 1. The Balaban J connectivity index is 1.61. The van der Waals surface area contributed by atoms with E-state index in [9.17, 15) is 13.2 Å². The highest BCUT2D eigenvalue weighted by Crippen LogP contribution is 2.27. The quantitative estimate of drug-likeness (QED) is 0.783. The molecule has 8 heteroatoms. The number of anilines is 1. The van der Waals surface area contributed by atoms with Gasteiger partial charge in [-0.2, -0.15) is 0 Å². The number of sulfonamides is 1. The Kier molecular flexibility index (Phi) is 5.64. The molecule has 1 aromatic carbocycles. The van der Waals surface area contributed by atoms with Gasteiger partial charge >= 0.3 is 0 Å². The zero-order valence-electron chi connectivity index (χ0n) is 14.8. The second-order valence-corrected chi connectivity index (χ2v) is 9.36. The van der Waals surface area contributed by atoms with E-state index in [4.69, 9.17) is 4.74 Å². The molecule has 1 aromatic heterocycles. The van der Waals surface area contributed by atoms with Gasteiger partial charge in [-0.15, -0.1) is 11.3 Å². The molecular formula is C18H22N2O4S2. The van der Waals surface area contributed by atoms with Crippen LogP contribution in [0.5, 0.6) is 5.75 Å². The lowest BCUT2D eigenvalue weighted by atomic mass is 10.1. The molecule has 2 heterocycles. The van der Waals surface area contributed by atoms with Gasteiger partial charge in [0.1, 0.15) is 9.96 Å². The summed E-state index contributed by atoms with van der Waals surface area (Å²) in [5.74, 6) is 0.681. The molecule has 140 valence electrons. The van der Waals surface area contributed by atoms with Crippen LogP contribution in [0, 0.1) is 5.92 Å². The van der Waals surface area contributed by atoms with Crippen molar-refractivity contribution in [3.8, 4) is 5.75 Å². The summed E-state index contributed by atoms with van der Waals surface area (Å²) in [5, 5.41) is 0. The summed E-state index contributed by atoms with van der Waals surface area (Å²) in [5.41, 5.74) is 0.798. The first kappa shape index (κ1) is 18.9. The van der Waals surface area contributed by atoms with Crippen molar-refractivity contribution in [3.05, 3.63) is 41.3 Å². The number of rotatable bonds is 7.